The van der Waals surface area contributed by atoms with E-state index in [-0.39, 0.29) is 29.7 Å². The summed E-state index contributed by atoms with van der Waals surface area (Å²) in [5.74, 6) is -0.543. The van der Waals surface area contributed by atoms with Crippen LogP contribution in [0.15, 0.2) is 36.5 Å². The third kappa shape index (κ3) is 5.67. The van der Waals surface area contributed by atoms with E-state index in [2.05, 4.69) is 20.5 Å². The lowest BCUT2D eigenvalue weighted by molar-refractivity contribution is -0.122. The number of nitrogens with zero attached hydrogens (tertiary/aromatic N) is 2. The van der Waals surface area contributed by atoms with Gasteiger partial charge in [-0.05, 0) is 50.1 Å². The molecule has 1 aliphatic rings. The number of nitrogens with one attached hydrogen (secondary N) is 3. The molecule has 2 atom stereocenters. The summed E-state index contributed by atoms with van der Waals surface area (Å²) in [6.07, 6.45) is 4.26. The summed E-state index contributed by atoms with van der Waals surface area (Å²) in [5.41, 5.74) is 1.64. The number of benzene rings is 1. The lowest BCUT2D eigenvalue weighted by Gasteiger charge is -2.25. The summed E-state index contributed by atoms with van der Waals surface area (Å²) in [5, 5.41) is 14.6. The molecule has 3 rings (SSSR count). The Morgan fingerprint density at radius 3 is 2.80 bits per heavy atom. The van der Waals surface area contributed by atoms with E-state index in [1.807, 2.05) is 19.2 Å². The van der Waals surface area contributed by atoms with Gasteiger partial charge in [0, 0.05) is 37.8 Å². The highest BCUT2D eigenvalue weighted by Gasteiger charge is 2.31. The van der Waals surface area contributed by atoms with E-state index in [1.54, 1.807) is 6.07 Å². The summed E-state index contributed by atoms with van der Waals surface area (Å²) < 4.78 is 13.2. The largest absolute Gasteiger partial charge is 0.356 e. The summed E-state index contributed by atoms with van der Waals surface area (Å²) in [7, 11) is 1.97. The van der Waals surface area contributed by atoms with Gasteiger partial charge in [-0.25, -0.2) is 4.39 Å². The second-order valence-corrected chi connectivity index (χ2v) is 7.61. The lowest BCUT2D eigenvalue weighted by Crippen LogP contribution is -2.42. The van der Waals surface area contributed by atoms with Gasteiger partial charge in [0.15, 0.2) is 0 Å². The summed E-state index contributed by atoms with van der Waals surface area (Å²) in [4.78, 5) is 29.4. The molecule has 2 amide bonds. The molecule has 158 valence electrons. The monoisotopic (exact) mass is 411 g/mol. The number of carbonyl (C=O) groups excluding carboxylic acids is 2. The highest BCUT2D eigenvalue weighted by atomic mass is 19.1. The summed E-state index contributed by atoms with van der Waals surface area (Å²) >= 11 is 0. The molecule has 7 nitrogen and oxygen atoms in total. The molecule has 0 bridgehead atoms. The van der Waals surface area contributed by atoms with E-state index < -0.39 is 0 Å². The fourth-order valence-corrected chi connectivity index (χ4v) is 3.80. The van der Waals surface area contributed by atoms with Crippen LogP contribution in [0.2, 0.25) is 0 Å². The van der Waals surface area contributed by atoms with Gasteiger partial charge in [0.05, 0.1) is 5.56 Å². The van der Waals surface area contributed by atoms with E-state index in [9.17, 15) is 14.0 Å². The number of nitriles is 1. The summed E-state index contributed by atoms with van der Waals surface area (Å²) in [6.45, 7) is 0.951. The molecule has 0 radical (unpaired) electrons. The van der Waals surface area contributed by atoms with Crippen molar-refractivity contribution >= 4 is 11.8 Å². The first-order valence-electron chi connectivity index (χ1n) is 10.1. The van der Waals surface area contributed by atoms with Gasteiger partial charge in [-0.15, -0.1) is 0 Å². The molecule has 2 aromatic rings. The zero-order chi connectivity index (χ0) is 21.5. The molecule has 1 fully saturated rings. The standard InChI is InChI=1S/C22H26FN5O2/c1-28-18(11-21(29)25-8-7-15-3-2-4-17(23)9-15)5-6-19(28)14-27-22(30)20-10-16(12-24)13-26-20/h2-4,9-10,13,18-19,26H,5-8,11,14H2,1H3,(H,25,29)(H,27,30)/t18-,19+/m1/s1. The van der Waals surface area contributed by atoms with Crippen LogP contribution >= 0.6 is 0 Å². The molecule has 1 saturated heterocycles. The van der Waals surface area contributed by atoms with Gasteiger partial charge in [-0.1, -0.05) is 12.1 Å². The Kier molecular flexibility index (Phi) is 7.20. The van der Waals surface area contributed by atoms with Crippen molar-refractivity contribution < 1.29 is 14.0 Å². The van der Waals surface area contributed by atoms with E-state index in [4.69, 9.17) is 5.26 Å². The Bertz CT molecular complexity index is 936. The molecular weight excluding hydrogens is 385 g/mol. The molecule has 3 N–H and O–H groups in total. The second kappa shape index (κ2) is 10.0. The number of hydrogen-bond acceptors (Lipinski definition) is 4. The second-order valence-electron chi connectivity index (χ2n) is 7.61. The van der Waals surface area contributed by atoms with Crippen LogP contribution in [0.5, 0.6) is 0 Å². The van der Waals surface area contributed by atoms with Crippen molar-refractivity contribution in [2.45, 2.75) is 37.8 Å². The van der Waals surface area contributed by atoms with Crippen LogP contribution in [0.1, 0.15) is 40.9 Å². The third-order valence-electron chi connectivity index (χ3n) is 5.59. The van der Waals surface area contributed by atoms with Crippen molar-refractivity contribution in [3.05, 3.63) is 59.2 Å². The number of aromatic nitrogens is 1. The van der Waals surface area contributed by atoms with Gasteiger partial charge in [-0.2, -0.15) is 5.26 Å². The minimum absolute atomic E-state index is 0.0247. The number of H-pyrrole nitrogens is 1. The van der Waals surface area contributed by atoms with Crippen LogP contribution in [0.25, 0.3) is 0 Å². The Labute approximate surface area is 175 Å². The SMILES string of the molecule is CN1[C@@H](CC(=O)NCCc2cccc(F)c2)CC[C@H]1CNC(=O)c1cc(C#N)c[nH]1. The number of amides is 2. The van der Waals surface area contributed by atoms with E-state index >= 15 is 0 Å². The first kappa shape index (κ1) is 21.5. The average Bonchev–Trinajstić information content (AvgIpc) is 3.34. The van der Waals surface area contributed by atoms with E-state index in [0.717, 1.165) is 18.4 Å². The van der Waals surface area contributed by atoms with Crippen molar-refractivity contribution in [3.63, 3.8) is 0 Å². The topological polar surface area (TPSA) is 101 Å². The minimum Gasteiger partial charge on any atom is -0.356 e. The van der Waals surface area contributed by atoms with Crippen molar-refractivity contribution in [2.75, 3.05) is 20.1 Å². The maximum absolute atomic E-state index is 13.2. The smallest absolute Gasteiger partial charge is 0.267 e. The molecule has 0 unspecified atom stereocenters. The van der Waals surface area contributed by atoms with Crippen LogP contribution in [0.4, 0.5) is 4.39 Å². The molecule has 1 aromatic heterocycles. The number of rotatable bonds is 8. The first-order valence-corrected chi connectivity index (χ1v) is 10.1. The molecule has 1 aromatic carbocycles. The number of likely N-dealkylation sites (N-methyl/N-ethyl adjacent to an activating group) is 1. The van der Waals surface area contributed by atoms with E-state index in [0.29, 0.717) is 37.2 Å². The van der Waals surface area contributed by atoms with Crippen LogP contribution < -0.4 is 10.6 Å². The minimum atomic E-state index is -0.272. The van der Waals surface area contributed by atoms with Crippen molar-refractivity contribution in [1.82, 2.24) is 20.5 Å². The van der Waals surface area contributed by atoms with Crippen LogP contribution in [-0.4, -0.2) is 53.9 Å². The number of hydrogen-bond donors (Lipinski definition) is 3. The molecule has 0 aliphatic carbocycles. The Morgan fingerprint density at radius 2 is 2.07 bits per heavy atom. The lowest BCUT2D eigenvalue weighted by atomic mass is 10.1. The molecule has 0 saturated carbocycles. The third-order valence-corrected chi connectivity index (χ3v) is 5.59. The Balaban J connectivity index is 1.39. The van der Waals surface area contributed by atoms with Crippen LogP contribution in [-0.2, 0) is 11.2 Å². The first-order chi connectivity index (χ1) is 14.5. The van der Waals surface area contributed by atoms with Gasteiger partial charge in [-0.3, -0.25) is 14.5 Å². The van der Waals surface area contributed by atoms with Gasteiger partial charge in [0.25, 0.3) is 5.91 Å². The Hall–Kier alpha value is -3.18. The van der Waals surface area contributed by atoms with Crippen molar-refractivity contribution in [1.29, 1.82) is 5.26 Å². The van der Waals surface area contributed by atoms with Crippen molar-refractivity contribution in [2.24, 2.45) is 0 Å². The number of halogens is 1. The fourth-order valence-electron chi connectivity index (χ4n) is 3.80. The zero-order valence-electron chi connectivity index (χ0n) is 17.0. The Morgan fingerprint density at radius 1 is 1.27 bits per heavy atom. The average molecular weight is 411 g/mol. The van der Waals surface area contributed by atoms with Gasteiger partial charge in [0.2, 0.25) is 5.91 Å². The molecular formula is C22H26FN5O2. The maximum Gasteiger partial charge on any atom is 0.267 e. The molecule has 8 heteroatoms. The maximum atomic E-state index is 13.2. The molecule has 0 spiro atoms. The molecule has 2 heterocycles. The zero-order valence-corrected chi connectivity index (χ0v) is 17.0. The van der Waals surface area contributed by atoms with Gasteiger partial charge < -0.3 is 15.6 Å². The molecule has 30 heavy (non-hydrogen) atoms. The predicted molar refractivity (Wildman–Crippen MR) is 110 cm³/mol. The highest BCUT2D eigenvalue weighted by Crippen LogP contribution is 2.24. The normalized spacial score (nSPS) is 18.7. The number of aromatic amines is 1. The predicted octanol–water partition coefficient (Wildman–Crippen LogP) is 1.97. The quantitative estimate of drug-likeness (QED) is 0.618. The summed E-state index contributed by atoms with van der Waals surface area (Å²) in [6, 6.07) is 10.2. The number of carbonyl (C=O) groups is 2. The fraction of sp³-hybridized carbons (Fsp3) is 0.409. The van der Waals surface area contributed by atoms with Crippen molar-refractivity contribution in [3.8, 4) is 6.07 Å². The van der Waals surface area contributed by atoms with Gasteiger partial charge in [0.1, 0.15) is 17.6 Å². The van der Waals surface area contributed by atoms with Crippen LogP contribution in [0, 0.1) is 17.1 Å². The van der Waals surface area contributed by atoms with Crippen LogP contribution in [0.3, 0.4) is 0 Å². The van der Waals surface area contributed by atoms with Gasteiger partial charge >= 0.3 is 0 Å². The van der Waals surface area contributed by atoms with E-state index in [1.165, 1.54) is 24.4 Å². The highest BCUT2D eigenvalue weighted by molar-refractivity contribution is 5.92. The number of likely N-dealkylation sites (tertiary alicyclic amines) is 1. The molecule has 1 aliphatic heterocycles.